The second-order valence-corrected chi connectivity index (χ2v) is 9.80. The van der Waals surface area contributed by atoms with Gasteiger partial charge in [-0.25, -0.2) is 17.5 Å². The summed E-state index contributed by atoms with van der Waals surface area (Å²) in [5.41, 5.74) is 3.61. The van der Waals surface area contributed by atoms with Crippen LogP contribution < -0.4 is 5.43 Å². The lowest BCUT2D eigenvalue weighted by molar-refractivity contribution is -0.384. The fraction of sp³-hybridized carbons (Fsp3) is 0.238. The molecule has 2 heterocycles. The number of rotatable bonds is 7. The van der Waals surface area contributed by atoms with E-state index in [0.717, 1.165) is 6.07 Å². The average Bonchev–Trinajstić information content (AvgIpc) is 3.13. The molecule has 1 aliphatic rings. The highest BCUT2D eigenvalue weighted by atomic mass is 35.5. The predicted molar refractivity (Wildman–Crippen MR) is 127 cm³/mol. The molecule has 35 heavy (non-hydrogen) atoms. The van der Waals surface area contributed by atoms with Gasteiger partial charge in [-0.3, -0.25) is 15.5 Å². The number of aromatic nitrogens is 2. The van der Waals surface area contributed by atoms with Crippen molar-refractivity contribution < 1.29 is 22.5 Å². The van der Waals surface area contributed by atoms with Crippen molar-refractivity contribution >= 4 is 39.2 Å². The number of halogens is 2. The molecule has 1 aliphatic heterocycles. The minimum atomic E-state index is -3.91. The number of nitrogens with one attached hydrogen (secondary N) is 1. The zero-order valence-electron chi connectivity index (χ0n) is 18.4. The molecule has 11 nitrogen and oxygen atoms in total. The van der Waals surface area contributed by atoms with E-state index in [-0.39, 0.29) is 42.0 Å². The number of nitrogens with zero attached hydrogens (tertiary/aromatic N) is 5. The van der Waals surface area contributed by atoms with E-state index < -0.39 is 26.5 Å². The highest BCUT2D eigenvalue weighted by Gasteiger charge is 2.29. The molecule has 1 N–H and O–H groups in total. The van der Waals surface area contributed by atoms with Crippen molar-refractivity contribution in [2.24, 2.45) is 5.10 Å². The van der Waals surface area contributed by atoms with Crippen molar-refractivity contribution in [1.82, 2.24) is 14.1 Å². The van der Waals surface area contributed by atoms with E-state index in [1.165, 1.54) is 51.6 Å². The number of nitro benzene ring substituents is 1. The van der Waals surface area contributed by atoms with Gasteiger partial charge in [-0.05, 0) is 43.3 Å². The van der Waals surface area contributed by atoms with Gasteiger partial charge < -0.3 is 4.74 Å². The number of hydrogen-bond acceptors (Lipinski definition) is 8. The molecule has 3 aromatic rings. The summed E-state index contributed by atoms with van der Waals surface area (Å²) in [4.78, 5) is 10.7. The SMILES string of the molecule is Cc1nn(-c2ccc(F)cc2)c(Cl)c1C=NNc1ccc(S(=O)(=O)N2CCOCC2)cc1[N+](=O)[O-]. The van der Waals surface area contributed by atoms with E-state index >= 15 is 0 Å². The van der Waals surface area contributed by atoms with Crippen LogP contribution in [0, 0.1) is 22.9 Å². The fourth-order valence-electron chi connectivity index (χ4n) is 3.43. The molecule has 0 amide bonds. The van der Waals surface area contributed by atoms with Gasteiger partial charge in [-0.15, -0.1) is 0 Å². The Labute approximate surface area is 205 Å². The summed E-state index contributed by atoms with van der Waals surface area (Å²) in [7, 11) is -3.91. The van der Waals surface area contributed by atoms with Crippen LogP contribution in [0.25, 0.3) is 5.69 Å². The van der Waals surface area contributed by atoms with Crippen LogP contribution in [0.2, 0.25) is 5.15 Å². The van der Waals surface area contributed by atoms with Gasteiger partial charge in [0.05, 0.1) is 46.2 Å². The van der Waals surface area contributed by atoms with E-state index in [1.54, 1.807) is 6.92 Å². The number of nitro groups is 1. The monoisotopic (exact) mass is 522 g/mol. The zero-order valence-corrected chi connectivity index (χ0v) is 20.0. The first-order chi connectivity index (χ1) is 16.7. The summed E-state index contributed by atoms with van der Waals surface area (Å²) in [5.74, 6) is -0.398. The maximum atomic E-state index is 13.2. The number of aryl methyl sites for hydroxylation is 1. The lowest BCUT2D eigenvalue weighted by Crippen LogP contribution is -2.40. The molecule has 4 rings (SSSR count). The van der Waals surface area contributed by atoms with Crippen molar-refractivity contribution in [2.45, 2.75) is 11.8 Å². The van der Waals surface area contributed by atoms with Crippen molar-refractivity contribution in [1.29, 1.82) is 0 Å². The number of benzene rings is 2. The minimum absolute atomic E-state index is 0.00752. The van der Waals surface area contributed by atoms with Crippen LogP contribution >= 0.6 is 11.6 Å². The highest BCUT2D eigenvalue weighted by Crippen LogP contribution is 2.29. The highest BCUT2D eigenvalue weighted by molar-refractivity contribution is 7.89. The molecule has 14 heteroatoms. The molecule has 1 fully saturated rings. The lowest BCUT2D eigenvalue weighted by atomic mass is 10.3. The first kappa shape index (κ1) is 24.7. The Hall–Kier alpha value is -3.39. The smallest absolute Gasteiger partial charge is 0.295 e. The first-order valence-electron chi connectivity index (χ1n) is 10.3. The topological polar surface area (TPSA) is 132 Å². The van der Waals surface area contributed by atoms with Crippen LogP contribution in [0.3, 0.4) is 0 Å². The van der Waals surface area contributed by atoms with Gasteiger partial charge in [0.1, 0.15) is 16.7 Å². The normalized spacial score (nSPS) is 14.9. The summed E-state index contributed by atoms with van der Waals surface area (Å²) in [6.07, 6.45) is 1.34. The number of hydrogen-bond donors (Lipinski definition) is 1. The standard InChI is InChI=1S/C21H20ClFN6O5S/c1-14-18(21(22)28(26-14)16-4-2-15(23)3-5-16)13-24-25-19-7-6-17(12-20(19)29(30)31)35(32,33)27-8-10-34-11-9-27/h2-7,12-13,25H,8-11H2,1H3. The van der Waals surface area contributed by atoms with Gasteiger partial charge in [0.15, 0.2) is 0 Å². The molecule has 184 valence electrons. The minimum Gasteiger partial charge on any atom is -0.379 e. The van der Waals surface area contributed by atoms with E-state index in [9.17, 15) is 22.9 Å². The van der Waals surface area contributed by atoms with Crippen LogP contribution in [0.1, 0.15) is 11.3 Å². The fourth-order valence-corrected chi connectivity index (χ4v) is 5.18. The van der Waals surface area contributed by atoms with E-state index in [4.69, 9.17) is 16.3 Å². The molecule has 0 bridgehead atoms. The first-order valence-corrected chi connectivity index (χ1v) is 12.2. The molecule has 1 aromatic heterocycles. The molecule has 0 unspecified atom stereocenters. The van der Waals surface area contributed by atoms with Crippen LogP contribution in [-0.2, 0) is 14.8 Å². The molecule has 1 saturated heterocycles. The van der Waals surface area contributed by atoms with Crippen LogP contribution in [0.4, 0.5) is 15.8 Å². The van der Waals surface area contributed by atoms with Crippen molar-refractivity contribution in [2.75, 3.05) is 31.7 Å². The summed E-state index contributed by atoms with van der Waals surface area (Å²) in [5, 5.41) is 20.2. The Kier molecular flexibility index (Phi) is 7.12. The number of hydrazone groups is 1. The summed E-state index contributed by atoms with van der Waals surface area (Å²) >= 11 is 6.41. The van der Waals surface area contributed by atoms with Crippen molar-refractivity contribution in [3.8, 4) is 5.69 Å². The van der Waals surface area contributed by atoms with E-state index in [1.807, 2.05) is 0 Å². The summed E-state index contributed by atoms with van der Waals surface area (Å²) in [6.45, 7) is 2.56. The van der Waals surface area contributed by atoms with Crippen LogP contribution in [0.15, 0.2) is 52.5 Å². The Morgan fingerprint density at radius 3 is 2.57 bits per heavy atom. The van der Waals surface area contributed by atoms with Gasteiger partial charge in [-0.2, -0.15) is 14.5 Å². The van der Waals surface area contributed by atoms with E-state index in [0.29, 0.717) is 16.9 Å². The van der Waals surface area contributed by atoms with Gasteiger partial charge in [0, 0.05) is 19.2 Å². The van der Waals surface area contributed by atoms with Gasteiger partial charge in [-0.1, -0.05) is 11.6 Å². The Morgan fingerprint density at radius 1 is 1.23 bits per heavy atom. The quantitative estimate of drug-likeness (QED) is 0.286. The number of morpholine rings is 1. The lowest BCUT2D eigenvalue weighted by Gasteiger charge is -2.26. The third kappa shape index (κ3) is 5.17. The van der Waals surface area contributed by atoms with Crippen LogP contribution in [0.5, 0.6) is 0 Å². The number of ether oxygens (including phenoxy) is 1. The van der Waals surface area contributed by atoms with Gasteiger partial charge in [0.25, 0.3) is 5.69 Å². The molecular weight excluding hydrogens is 503 g/mol. The Balaban J connectivity index is 1.57. The third-order valence-electron chi connectivity index (χ3n) is 5.27. The zero-order chi connectivity index (χ0) is 25.2. The van der Waals surface area contributed by atoms with Crippen LogP contribution in [-0.4, -0.2) is 59.9 Å². The molecule has 0 spiro atoms. The second kappa shape index (κ2) is 10.1. The number of sulfonamides is 1. The van der Waals surface area contributed by atoms with Crippen molar-refractivity contribution in [3.05, 3.63) is 74.8 Å². The summed E-state index contributed by atoms with van der Waals surface area (Å²) < 4.78 is 46.7. The van der Waals surface area contributed by atoms with Crippen molar-refractivity contribution in [3.63, 3.8) is 0 Å². The maximum Gasteiger partial charge on any atom is 0.295 e. The molecule has 2 aromatic carbocycles. The molecule has 0 atom stereocenters. The van der Waals surface area contributed by atoms with Gasteiger partial charge in [0.2, 0.25) is 10.0 Å². The molecule has 0 aliphatic carbocycles. The second-order valence-electron chi connectivity index (χ2n) is 7.50. The average molecular weight is 523 g/mol. The Morgan fingerprint density at radius 2 is 1.91 bits per heavy atom. The molecule has 0 saturated carbocycles. The Bertz CT molecular complexity index is 1390. The van der Waals surface area contributed by atoms with E-state index in [2.05, 4.69) is 15.6 Å². The largest absolute Gasteiger partial charge is 0.379 e. The molecular formula is C21H20ClFN6O5S. The predicted octanol–water partition coefficient (Wildman–Crippen LogP) is 3.35. The number of anilines is 1. The third-order valence-corrected chi connectivity index (χ3v) is 7.53. The maximum absolute atomic E-state index is 13.2. The summed E-state index contributed by atoms with van der Waals surface area (Å²) in [6, 6.07) is 9.14. The van der Waals surface area contributed by atoms with Gasteiger partial charge >= 0.3 is 0 Å². The molecule has 0 radical (unpaired) electrons.